The standard InChI is InChI=1S/C23H23ClFN5OS/c1-16-6-8-17(9-7-16)26-22(31)15-32-23-27-20(24)14-21(28-23)30-12-10-29(11-13-30)19-5-3-2-4-18(19)25/h2-9,14H,10-13,15H2,1H3,(H,26,31). The first kappa shape index (κ1) is 22.4. The van der Waals surface area contributed by atoms with Gasteiger partial charge in [-0.15, -0.1) is 0 Å². The molecule has 2 aromatic carbocycles. The van der Waals surface area contributed by atoms with Crippen LogP contribution in [-0.4, -0.2) is 47.8 Å². The topological polar surface area (TPSA) is 61.4 Å². The molecule has 1 amide bonds. The first-order valence-electron chi connectivity index (χ1n) is 10.3. The number of thioether (sulfide) groups is 1. The quantitative estimate of drug-likeness (QED) is 0.321. The van der Waals surface area contributed by atoms with Crippen LogP contribution in [0.4, 0.5) is 21.6 Å². The van der Waals surface area contributed by atoms with Crippen molar-refractivity contribution in [2.24, 2.45) is 0 Å². The van der Waals surface area contributed by atoms with Gasteiger partial charge in [0.05, 0.1) is 11.4 Å². The third kappa shape index (κ3) is 5.69. The number of carbonyl (C=O) groups excluding carboxylic acids is 1. The molecule has 1 fully saturated rings. The molecule has 2 heterocycles. The highest BCUT2D eigenvalue weighted by atomic mass is 35.5. The Labute approximate surface area is 195 Å². The molecule has 0 atom stereocenters. The molecule has 6 nitrogen and oxygen atoms in total. The smallest absolute Gasteiger partial charge is 0.234 e. The molecule has 3 aromatic rings. The highest BCUT2D eigenvalue weighted by Crippen LogP contribution is 2.25. The van der Waals surface area contributed by atoms with Crippen LogP contribution in [0.15, 0.2) is 59.8 Å². The number of amides is 1. The molecular weight excluding hydrogens is 449 g/mol. The van der Waals surface area contributed by atoms with Crippen molar-refractivity contribution in [1.29, 1.82) is 0 Å². The Hall–Kier alpha value is -2.84. The molecule has 1 N–H and O–H groups in total. The number of hydrogen-bond donors (Lipinski definition) is 1. The van der Waals surface area contributed by atoms with Crippen LogP contribution >= 0.6 is 23.4 Å². The number of para-hydroxylation sites is 1. The lowest BCUT2D eigenvalue weighted by Gasteiger charge is -2.36. The minimum absolute atomic E-state index is 0.137. The van der Waals surface area contributed by atoms with Crippen molar-refractivity contribution in [2.45, 2.75) is 12.1 Å². The largest absolute Gasteiger partial charge is 0.366 e. The fourth-order valence-electron chi connectivity index (χ4n) is 3.46. The van der Waals surface area contributed by atoms with E-state index in [0.29, 0.717) is 48.0 Å². The maximum Gasteiger partial charge on any atom is 0.234 e. The number of nitrogens with zero attached hydrogens (tertiary/aromatic N) is 4. The third-order valence-electron chi connectivity index (χ3n) is 5.13. The number of piperazine rings is 1. The van der Waals surface area contributed by atoms with E-state index in [1.54, 1.807) is 18.2 Å². The van der Waals surface area contributed by atoms with E-state index in [1.165, 1.54) is 17.8 Å². The van der Waals surface area contributed by atoms with Gasteiger partial charge in [-0.2, -0.15) is 0 Å². The molecule has 0 saturated carbocycles. The Morgan fingerprint density at radius 1 is 1.06 bits per heavy atom. The molecule has 0 unspecified atom stereocenters. The van der Waals surface area contributed by atoms with Gasteiger partial charge in [0, 0.05) is 37.9 Å². The summed E-state index contributed by atoms with van der Waals surface area (Å²) in [6.07, 6.45) is 0. The molecule has 1 aliphatic heterocycles. The fourth-order valence-corrected chi connectivity index (χ4v) is 4.34. The number of hydrogen-bond acceptors (Lipinski definition) is 6. The minimum Gasteiger partial charge on any atom is -0.366 e. The molecule has 0 aliphatic carbocycles. The fraction of sp³-hybridized carbons (Fsp3) is 0.261. The first-order valence-corrected chi connectivity index (χ1v) is 11.6. The van der Waals surface area contributed by atoms with Crippen LogP contribution in [0.2, 0.25) is 5.15 Å². The van der Waals surface area contributed by atoms with Crippen LogP contribution in [0, 0.1) is 12.7 Å². The van der Waals surface area contributed by atoms with Crippen molar-refractivity contribution in [2.75, 3.05) is 47.0 Å². The number of aryl methyl sites for hydroxylation is 1. The van der Waals surface area contributed by atoms with Crippen LogP contribution in [-0.2, 0) is 4.79 Å². The number of anilines is 3. The second-order valence-corrected chi connectivity index (χ2v) is 8.79. The van der Waals surface area contributed by atoms with Crippen molar-refractivity contribution in [1.82, 2.24) is 9.97 Å². The lowest BCUT2D eigenvalue weighted by molar-refractivity contribution is -0.113. The molecular formula is C23H23ClFN5OS. The predicted molar refractivity (Wildman–Crippen MR) is 128 cm³/mol. The van der Waals surface area contributed by atoms with Crippen molar-refractivity contribution in [3.63, 3.8) is 0 Å². The van der Waals surface area contributed by atoms with Gasteiger partial charge in [-0.3, -0.25) is 4.79 Å². The highest BCUT2D eigenvalue weighted by Gasteiger charge is 2.21. The summed E-state index contributed by atoms with van der Waals surface area (Å²) in [4.78, 5) is 25.2. The zero-order chi connectivity index (χ0) is 22.5. The van der Waals surface area contributed by atoms with Gasteiger partial charge in [-0.25, -0.2) is 14.4 Å². The van der Waals surface area contributed by atoms with Crippen molar-refractivity contribution in [3.05, 3.63) is 71.1 Å². The number of nitrogens with one attached hydrogen (secondary N) is 1. The van der Waals surface area contributed by atoms with Gasteiger partial charge in [0.1, 0.15) is 16.8 Å². The number of carbonyl (C=O) groups is 1. The zero-order valence-corrected chi connectivity index (χ0v) is 19.2. The van der Waals surface area contributed by atoms with E-state index in [9.17, 15) is 9.18 Å². The Balaban J connectivity index is 1.35. The van der Waals surface area contributed by atoms with E-state index in [2.05, 4.69) is 20.2 Å². The van der Waals surface area contributed by atoms with Crippen LogP contribution in [0.5, 0.6) is 0 Å². The molecule has 32 heavy (non-hydrogen) atoms. The second-order valence-electron chi connectivity index (χ2n) is 7.46. The summed E-state index contributed by atoms with van der Waals surface area (Å²) in [5.41, 5.74) is 2.50. The van der Waals surface area contributed by atoms with Gasteiger partial charge in [-0.05, 0) is 31.2 Å². The number of benzene rings is 2. The highest BCUT2D eigenvalue weighted by molar-refractivity contribution is 7.99. The maximum atomic E-state index is 14.1. The number of aromatic nitrogens is 2. The molecule has 1 aromatic heterocycles. The summed E-state index contributed by atoms with van der Waals surface area (Å²) < 4.78 is 14.1. The predicted octanol–water partition coefficient (Wildman–Crippen LogP) is 4.63. The van der Waals surface area contributed by atoms with E-state index in [4.69, 9.17) is 11.6 Å². The van der Waals surface area contributed by atoms with E-state index in [-0.39, 0.29) is 17.5 Å². The normalized spacial score (nSPS) is 13.8. The van der Waals surface area contributed by atoms with Gasteiger partial charge < -0.3 is 15.1 Å². The average Bonchev–Trinajstić information content (AvgIpc) is 2.79. The SMILES string of the molecule is Cc1ccc(NC(=O)CSc2nc(Cl)cc(N3CCN(c4ccccc4F)CC3)n2)cc1. The monoisotopic (exact) mass is 471 g/mol. The summed E-state index contributed by atoms with van der Waals surface area (Å²) in [5, 5.41) is 3.64. The van der Waals surface area contributed by atoms with Gasteiger partial charge in [0.25, 0.3) is 0 Å². The molecule has 4 rings (SSSR count). The minimum atomic E-state index is -0.214. The number of rotatable bonds is 6. The van der Waals surface area contributed by atoms with Crippen molar-refractivity contribution in [3.8, 4) is 0 Å². The van der Waals surface area contributed by atoms with E-state index >= 15 is 0 Å². The first-order chi connectivity index (χ1) is 15.5. The Kier molecular flexibility index (Phi) is 7.12. The van der Waals surface area contributed by atoms with Crippen molar-refractivity contribution >= 4 is 46.5 Å². The molecule has 9 heteroatoms. The molecule has 1 saturated heterocycles. The van der Waals surface area contributed by atoms with Crippen LogP contribution < -0.4 is 15.1 Å². The zero-order valence-electron chi connectivity index (χ0n) is 17.6. The third-order valence-corrected chi connectivity index (χ3v) is 6.17. The Bertz CT molecular complexity index is 1090. The molecule has 1 aliphatic rings. The van der Waals surface area contributed by atoms with E-state index in [1.807, 2.05) is 42.2 Å². The summed E-state index contributed by atoms with van der Waals surface area (Å²) in [6.45, 7) is 4.70. The van der Waals surface area contributed by atoms with Gasteiger partial charge in [0.15, 0.2) is 5.16 Å². The van der Waals surface area contributed by atoms with Crippen LogP contribution in [0.1, 0.15) is 5.56 Å². The van der Waals surface area contributed by atoms with Crippen LogP contribution in [0.25, 0.3) is 0 Å². The van der Waals surface area contributed by atoms with E-state index in [0.717, 1.165) is 11.3 Å². The van der Waals surface area contributed by atoms with Gasteiger partial charge in [-0.1, -0.05) is 53.2 Å². The molecule has 0 bridgehead atoms. The van der Waals surface area contributed by atoms with E-state index < -0.39 is 0 Å². The van der Waals surface area contributed by atoms with Crippen LogP contribution in [0.3, 0.4) is 0 Å². The summed E-state index contributed by atoms with van der Waals surface area (Å²) in [6, 6.07) is 16.2. The van der Waals surface area contributed by atoms with Gasteiger partial charge >= 0.3 is 0 Å². The molecule has 0 spiro atoms. The summed E-state index contributed by atoms with van der Waals surface area (Å²) in [5.74, 6) is 0.532. The number of halogens is 2. The summed E-state index contributed by atoms with van der Waals surface area (Å²) in [7, 11) is 0. The molecule has 0 radical (unpaired) electrons. The Morgan fingerprint density at radius 3 is 2.47 bits per heavy atom. The lowest BCUT2D eigenvalue weighted by Crippen LogP contribution is -2.47. The summed E-state index contributed by atoms with van der Waals surface area (Å²) >= 11 is 7.46. The second kappa shape index (κ2) is 10.2. The van der Waals surface area contributed by atoms with Gasteiger partial charge in [0.2, 0.25) is 5.91 Å². The average molecular weight is 472 g/mol. The Morgan fingerprint density at radius 2 is 1.75 bits per heavy atom. The van der Waals surface area contributed by atoms with Crippen molar-refractivity contribution < 1.29 is 9.18 Å². The maximum absolute atomic E-state index is 14.1. The lowest BCUT2D eigenvalue weighted by atomic mass is 10.2. The molecule has 166 valence electrons.